The van der Waals surface area contributed by atoms with Crippen molar-refractivity contribution in [3.8, 4) is 21.8 Å². The minimum atomic E-state index is -0.213. The predicted octanol–water partition coefficient (Wildman–Crippen LogP) is 6.86. The van der Waals surface area contributed by atoms with E-state index < -0.39 is 0 Å². The van der Waals surface area contributed by atoms with Gasteiger partial charge in [-0.1, -0.05) is 66.2 Å². The first kappa shape index (κ1) is 18.6. The number of H-pyrrole nitrogens is 1. The third kappa shape index (κ3) is 3.61. The first-order chi connectivity index (χ1) is 14.7. The van der Waals surface area contributed by atoms with E-state index in [2.05, 4.69) is 22.4 Å². The number of rotatable bonds is 4. The summed E-state index contributed by atoms with van der Waals surface area (Å²) in [6.45, 7) is 0. The van der Waals surface area contributed by atoms with Gasteiger partial charge in [-0.15, -0.1) is 11.3 Å². The van der Waals surface area contributed by atoms with Gasteiger partial charge < -0.3 is 10.3 Å². The molecular weight excluding hydrogens is 414 g/mol. The molecule has 4 nitrogen and oxygen atoms in total. The Morgan fingerprint density at radius 2 is 1.73 bits per heavy atom. The van der Waals surface area contributed by atoms with Gasteiger partial charge in [0.05, 0.1) is 16.2 Å². The van der Waals surface area contributed by atoms with Gasteiger partial charge in [0.2, 0.25) is 0 Å². The summed E-state index contributed by atoms with van der Waals surface area (Å²) in [6.07, 6.45) is 0. The molecule has 0 aliphatic heterocycles. The number of para-hydroxylation sites is 1. The van der Waals surface area contributed by atoms with E-state index in [1.165, 1.54) is 0 Å². The van der Waals surface area contributed by atoms with Crippen LogP contribution in [0.2, 0.25) is 5.02 Å². The van der Waals surface area contributed by atoms with Crippen molar-refractivity contribution in [2.75, 3.05) is 5.32 Å². The van der Waals surface area contributed by atoms with Crippen LogP contribution in [0.5, 0.6) is 0 Å². The highest BCUT2D eigenvalue weighted by Crippen LogP contribution is 2.29. The number of nitrogens with zero attached hydrogens (tertiary/aromatic N) is 1. The first-order valence-electron chi connectivity index (χ1n) is 9.37. The van der Waals surface area contributed by atoms with E-state index in [0.29, 0.717) is 16.4 Å². The molecule has 0 bridgehead atoms. The number of carbonyl (C=O) groups excluding carboxylic acids is 1. The number of anilines is 1. The van der Waals surface area contributed by atoms with Crippen LogP contribution < -0.4 is 5.32 Å². The molecule has 2 N–H and O–H groups in total. The molecule has 1 amide bonds. The van der Waals surface area contributed by atoms with Crippen molar-refractivity contribution in [3.05, 3.63) is 95.0 Å². The Balaban J connectivity index is 1.33. The summed E-state index contributed by atoms with van der Waals surface area (Å²) in [7, 11) is 0. The third-order valence-electron chi connectivity index (χ3n) is 4.81. The zero-order valence-corrected chi connectivity index (χ0v) is 17.3. The van der Waals surface area contributed by atoms with Crippen molar-refractivity contribution in [3.63, 3.8) is 0 Å². The molecule has 3 aromatic carbocycles. The topological polar surface area (TPSA) is 57.8 Å². The number of amides is 1. The van der Waals surface area contributed by atoms with Gasteiger partial charge in [-0.25, -0.2) is 4.98 Å². The number of benzene rings is 3. The van der Waals surface area contributed by atoms with Crippen LogP contribution >= 0.6 is 22.9 Å². The number of nitrogens with one attached hydrogen (secondary N) is 2. The smallest absolute Gasteiger partial charge is 0.272 e. The van der Waals surface area contributed by atoms with Crippen LogP contribution in [0.4, 0.5) is 5.69 Å². The average Bonchev–Trinajstić information content (AvgIpc) is 3.43. The maximum atomic E-state index is 12.6. The standard InChI is InChI=1S/C24H16ClN3OS/c25-19-8-4-7-17-13-20(27-22(17)19)23(29)26-18-11-9-15(10-12-18)21-14-30-24(28-21)16-5-2-1-3-6-16/h1-14,27H,(H,26,29). The number of carbonyl (C=O) groups is 1. The van der Waals surface area contributed by atoms with Crippen LogP contribution in [0, 0.1) is 0 Å². The summed E-state index contributed by atoms with van der Waals surface area (Å²) in [5.74, 6) is -0.213. The number of halogens is 1. The molecule has 0 fully saturated rings. The van der Waals surface area contributed by atoms with Crippen molar-refractivity contribution in [2.24, 2.45) is 0 Å². The van der Waals surface area contributed by atoms with E-state index >= 15 is 0 Å². The molecular formula is C24H16ClN3OS. The van der Waals surface area contributed by atoms with Crippen molar-refractivity contribution in [1.29, 1.82) is 0 Å². The van der Waals surface area contributed by atoms with E-state index in [9.17, 15) is 4.79 Å². The monoisotopic (exact) mass is 429 g/mol. The molecule has 0 unspecified atom stereocenters. The highest BCUT2D eigenvalue weighted by Gasteiger charge is 2.12. The second kappa shape index (κ2) is 7.78. The van der Waals surface area contributed by atoms with Crippen molar-refractivity contribution >= 4 is 45.4 Å². The van der Waals surface area contributed by atoms with Crippen LogP contribution in [0.3, 0.4) is 0 Å². The van der Waals surface area contributed by atoms with Gasteiger partial charge in [0.1, 0.15) is 10.7 Å². The van der Waals surface area contributed by atoms with E-state index in [1.807, 2.05) is 60.0 Å². The summed E-state index contributed by atoms with van der Waals surface area (Å²) in [6, 6.07) is 25.2. The number of hydrogen-bond acceptors (Lipinski definition) is 3. The number of fused-ring (bicyclic) bond motifs is 1. The lowest BCUT2D eigenvalue weighted by Gasteiger charge is -2.05. The van der Waals surface area contributed by atoms with E-state index in [1.54, 1.807) is 23.5 Å². The van der Waals surface area contributed by atoms with Gasteiger partial charge in [0.15, 0.2) is 0 Å². The Labute approximate surface area is 182 Å². The third-order valence-corrected chi connectivity index (χ3v) is 6.02. The van der Waals surface area contributed by atoms with Crippen molar-refractivity contribution in [2.45, 2.75) is 0 Å². The number of aromatic amines is 1. The Bertz CT molecular complexity index is 1340. The molecule has 2 aromatic heterocycles. The van der Waals surface area contributed by atoms with Crippen LogP contribution in [0.1, 0.15) is 10.5 Å². The summed E-state index contributed by atoms with van der Waals surface area (Å²) in [5.41, 5.74) is 4.97. The number of hydrogen-bond donors (Lipinski definition) is 2. The largest absolute Gasteiger partial charge is 0.349 e. The normalized spacial score (nSPS) is 11.0. The maximum absolute atomic E-state index is 12.6. The number of thiazole rings is 1. The highest BCUT2D eigenvalue weighted by atomic mass is 35.5. The average molecular weight is 430 g/mol. The first-order valence-corrected chi connectivity index (χ1v) is 10.6. The van der Waals surface area contributed by atoms with Gasteiger partial charge in [-0.05, 0) is 24.3 Å². The van der Waals surface area contributed by atoms with E-state index in [4.69, 9.17) is 16.6 Å². The second-order valence-corrected chi connectivity index (χ2v) is 8.09. The molecule has 2 heterocycles. The van der Waals surface area contributed by atoms with Gasteiger partial charge in [0.25, 0.3) is 5.91 Å². The minimum absolute atomic E-state index is 0.213. The molecule has 0 aliphatic rings. The quantitative estimate of drug-likeness (QED) is 0.327. The minimum Gasteiger partial charge on any atom is -0.349 e. The molecule has 0 saturated carbocycles. The molecule has 0 aliphatic carbocycles. The SMILES string of the molecule is O=C(Nc1ccc(-c2csc(-c3ccccc3)n2)cc1)c1cc2cccc(Cl)c2[nH]1. The summed E-state index contributed by atoms with van der Waals surface area (Å²) in [5, 5.41) is 7.44. The Hall–Kier alpha value is -3.41. The molecule has 0 spiro atoms. The fourth-order valence-electron chi connectivity index (χ4n) is 3.28. The Kier molecular flexibility index (Phi) is 4.83. The lowest BCUT2D eigenvalue weighted by Crippen LogP contribution is -2.12. The molecule has 6 heteroatoms. The summed E-state index contributed by atoms with van der Waals surface area (Å²) >= 11 is 7.80. The second-order valence-electron chi connectivity index (χ2n) is 6.82. The molecule has 5 aromatic rings. The molecule has 5 rings (SSSR count). The van der Waals surface area contributed by atoms with E-state index in [-0.39, 0.29) is 5.91 Å². The lowest BCUT2D eigenvalue weighted by molar-refractivity contribution is 0.102. The van der Waals surface area contributed by atoms with Gasteiger partial charge in [-0.2, -0.15) is 0 Å². The fourth-order valence-corrected chi connectivity index (χ4v) is 4.35. The Morgan fingerprint density at radius 3 is 2.50 bits per heavy atom. The maximum Gasteiger partial charge on any atom is 0.272 e. The predicted molar refractivity (Wildman–Crippen MR) is 124 cm³/mol. The van der Waals surface area contributed by atoms with Crippen LogP contribution in [0.25, 0.3) is 32.7 Å². The Morgan fingerprint density at radius 1 is 0.933 bits per heavy atom. The molecule has 30 heavy (non-hydrogen) atoms. The van der Waals surface area contributed by atoms with Crippen molar-refractivity contribution < 1.29 is 4.79 Å². The van der Waals surface area contributed by atoms with Gasteiger partial charge in [0, 0.05) is 27.6 Å². The number of aromatic nitrogens is 2. The molecule has 0 saturated heterocycles. The molecule has 146 valence electrons. The van der Waals surface area contributed by atoms with Gasteiger partial charge in [-0.3, -0.25) is 4.79 Å². The van der Waals surface area contributed by atoms with Crippen molar-refractivity contribution in [1.82, 2.24) is 9.97 Å². The zero-order valence-electron chi connectivity index (χ0n) is 15.7. The lowest BCUT2D eigenvalue weighted by atomic mass is 10.1. The summed E-state index contributed by atoms with van der Waals surface area (Å²) in [4.78, 5) is 20.4. The summed E-state index contributed by atoms with van der Waals surface area (Å²) < 4.78 is 0. The molecule has 0 atom stereocenters. The van der Waals surface area contributed by atoms with Crippen LogP contribution in [-0.2, 0) is 0 Å². The zero-order chi connectivity index (χ0) is 20.5. The van der Waals surface area contributed by atoms with E-state index in [0.717, 1.165) is 32.7 Å². The fraction of sp³-hybridized carbons (Fsp3) is 0. The molecule has 0 radical (unpaired) electrons. The van der Waals surface area contributed by atoms with Crippen LogP contribution in [0.15, 0.2) is 84.2 Å². The highest BCUT2D eigenvalue weighted by molar-refractivity contribution is 7.13. The van der Waals surface area contributed by atoms with Crippen LogP contribution in [-0.4, -0.2) is 15.9 Å². The van der Waals surface area contributed by atoms with Gasteiger partial charge >= 0.3 is 0 Å².